The largest absolute Gasteiger partial charge is 0.397 e. The van der Waals surface area contributed by atoms with Crippen LogP contribution in [0.4, 0.5) is 21.5 Å². The maximum absolute atomic E-state index is 13.9. The summed E-state index contributed by atoms with van der Waals surface area (Å²) in [7, 11) is 0. The summed E-state index contributed by atoms with van der Waals surface area (Å²) in [4.78, 5) is 4.33. The Morgan fingerprint density at radius 2 is 2.16 bits per heavy atom. The lowest BCUT2D eigenvalue weighted by molar-refractivity contribution is 0.631. The maximum atomic E-state index is 13.9. The average Bonchev–Trinajstić information content (AvgIpc) is 2.77. The number of nitrogens with two attached hydrogens (primary N) is 2. The van der Waals surface area contributed by atoms with Crippen molar-refractivity contribution in [2.75, 3.05) is 23.3 Å². The fourth-order valence-electron chi connectivity index (χ4n) is 1.68. The molecule has 0 saturated carbocycles. The summed E-state index contributed by atoms with van der Waals surface area (Å²) in [6.45, 7) is 2.46. The number of hydrogen-bond donors (Lipinski definition) is 3. The quantitative estimate of drug-likeness (QED) is 0.758. The molecule has 2 rings (SSSR count). The molecular weight excluding hydrogens is 287 g/mol. The Morgan fingerprint density at radius 3 is 2.79 bits per heavy atom. The van der Waals surface area contributed by atoms with Crippen LogP contribution in [0.2, 0.25) is 5.02 Å². The number of nitrogens with zero attached hydrogens (tertiary/aromatic N) is 1. The number of nitrogen functional groups attached to an aromatic ring is 2. The molecule has 0 atom stereocenters. The highest BCUT2D eigenvalue weighted by atomic mass is 35.5. The second-order valence-corrected chi connectivity index (χ2v) is 5.53. The first-order chi connectivity index (χ1) is 8.99. The van der Waals surface area contributed by atoms with E-state index in [1.807, 2.05) is 12.3 Å². The third kappa shape index (κ3) is 3.08. The van der Waals surface area contributed by atoms with Crippen LogP contribution in [0, 0.1) is 12.7 Å². The summed E-state index contributed by atoms with van der Waals surface area (Å²) in [6.07, 6.45) is 0.686. The zero-order valence-corrected chi connectivity index (χ0v) is 11.9. The van der Waals surface area contributed by atoms with Gasteiger partial charge in [-0.3, -0.25) is 0 Å². The number of nitrogens with one attached hydrogen (secondary N) is 1. The number of rotatable bonds is 4. The molecule has 5 N–H and O–H groups in total. The lowest BCUT2D eigenvalue weighted by atomic mass is 10.2. The SMILES string of the molecule is Cc1nc(CCNc2c(N)cc(N)c(Cl)c2F)cs1. The Bertz CT molecular complexity index is 600. The molecule has 102 valence electrons. The van der Waals surface area contributed by atoms with Gasteiger partial charge in [0.05, 0.1) is 27.8 Å². The predicted molar refractivity (Wildman–Crippen MR) is 79.3 cm³/mol. The first kappa shape index (κ1) is 13.9. The number of halogens is 2. The highest BCUT2D eigenvalue weighted by Crippen LogP contribution is 2.33. The molecule has 0 fully saturated rings. The Kier molecular flexibility index (Phi) is 4.11. The molecule has 1 aromatic carbocycles. The van der Waals surface area contributed by atoms with Gasteiger partial charge in [-0.1, -0.05) is 11.6 Å². The van der Waals surface area contributed by atoms with Crippen molar-refractivity contribution in [3.8, 4) is 0 Å². The minimum Gasteiger partial charge on any atom is -0.397 e. The number of benzene rings is 1. The minimum absolute atomic E-state index is 0.110. The fourth-order valence-corrected chi connectivity index (χ4v) is 2.48. The van der Waals surface area contributed by atoms with Crippen molar-refractivity contribution < 1.29 is 4.39 Å². The predicted octanol–water partition coefficient (Wildman–Crippen LogP) is 3.06. The molecule has 1 heterocycles. The topological polar surface area (TPSA) is 77.0 Å². The highest BCUT2D eigenvalue weighted by Gasteiger charge is 2.13. The molecule has 0 bridgehead atoms. The van der Waals surface area contributed by atoms with E-state index in [1.165, 1.54) is 6.07 Å². The summed E-state index contributed by atoms with van der Waals surface area (Å²) >= 11 is 7.33. The molecule has 0 aliphatic rings. The van der Waals surface area contributed by atoms with Crippen LogP contribution in [0.5, 0.6) is 0 Å². The maximum Gasteiger partial charge on any atom is 0.169 e. The van der Waals surface area contributed by atoms with E-state index in [0.29, 0.717) is 13.0 Å². The summed E-state index contributed by atoms with van der Waals surface area (Å²) in [5.74, 6) is -0.617. The van der Waals surface area contributed by atoms with Crippen LogP contribution in [0.1, 0.15) is 10.7 Å². The summed E-state index contributed by atoms with van der Waals surface area (Å²) in [5.41, 5.74) is 12.8. The van der Waals surface area contributed by atoms with Crippen LogP contribution < -0.4 is 16.8 Å². The number of aryl methyl sites for hydroxylation is 1. The second-order valence-electron chi connectivity index (χ2n) is 4.09. The van der Waals surface area contributed by atoms with Crippen molar-refractivity contribution >= 4 is 40.0 Å². The van der Waals surface area contributed by atoms with Gasteiger partial charge >= 0.3 is 0 Å². The van der Waals surface area contributed by atoms with Crippen LogP contribution in [-0.4, -0.2) is 11.5 Å². The first-order valence-corrected chi connectivity index (χ1v) is 6.92. The van der Waals surface area contributed by atoms with Crippen LogP contribution in [0.15, 0.2) is 11.4 Å². The molecule has 0 amide bonds. The van der Waals surface area contributed by atoms with Gasteiger partial charge in [-0.05, 0) is 13.0 Å². The summed E-state index contributed by atoms with van der Waals surface area (Å²) in [6, 6.07) is 1.45. The van der Waals surface area contributed by atoms with E-state index in [1.54, 1.807) is 11.3 Å². The Labute approximate surface area is 119 Å². The standard InChI is InChI=1S/C12H14ClFN4S/c1-6-18-7(5-19-6)2-3-17-12-9(16)4-8(15)10(13)11(12)14/h4-5,17H,2-3,15-16H2,1H3. The van der Waals surface area contributed by atoms with Gasteiger partial charge in [-0.2, -0.15) is 0 Å². The third-order valence-electron chi connectivity index (χ3n) is 2.61. The average molecular weight is 301 g/mol. The van der Waals surface area contributed by atoms with Crippen molar-refractivity contribution in [1.82, 2.24) is 4.98 Å². The summed E-state index contributed by atoms with van der Waals surface area (Å²) < 4.78 is 13.9. The molecule has 0 radical (unpaired) electrons. The van der Waals surface area contributed by atoms with Gasteiger partial charge in [0.2, 0.25) is 0 Å². The second kappa shape index (κ2) is 5.63. The van der Waals surface area contributed by atoms with E-state index in [9.17, 15) is 4.39 Å². The van der Waals surface area contributed by atoms with E-state index in [-0.39, 0.29) is 22.1 Å². The fraction of sp³-hybridized carbons (Fsp3) is 0.250. The van der Waals surface area contributed by atoms with Gasteiger partial charge in [0.15, 0.2) is 5.82 Å². The molecular formula is C12H14ClFN4S. The number of thiazole rings is 1. The molecule has 2 aromatic rings. The molecule has 7 heteroatoms. The van der Waals surface area contributed by atoms with Gasteiger partial charge in [0, 0.05) is 18.3 Å². The van der Waals surface area contributed by atoms with Crippen molar-refractivity contribution in [2.45, 2.75) is 13.3 Å². The van der Waals surface area contributed by atoms with Crippen molar-refractivity contribution in [3.63, 3.8) is 0 Å². The molecule has 0 aliphatic heterocycles. The minimum atomic E-state index is -0.617. The van der Waals surface area contributed by atoms with Gasteiger partial charge in [-0.25, -0.2) is 9.37 Å². The zero-order chi connectivity index (χ0) is 14.0. The smallest absolute Gasteiger partial charge is 0.169 e. The first-order valence-electron chi connectivity index (χ1n) is 5.67. The Morgan fingerprint density at radius 1 is 1.42 bits per heavy atom. The Balaban J connectivity index is 2.05. The lowest BCUT2D eigenvalue weighted by Gasteiger charge is -2.12. The normalized spacial score (nSPS) is 10.7. The number of hydrogen-bond acceptors (Lipinski definition) is 5. The van der Waals surface area contributed by atoms with Gasteiger partial charge in [0.1, 0.15) is 5.02 Å². The van der Waals surface area contributed by atoms with Crippen LogP contribution in [-0.2, 0) is 6.42 Å². The van der Waals surface area contributed by atoms with Gasteiger partial charge in [0.25, 0.3) is 0 Å². The third-order valence-corrected chi connectivity index (χ3v) is 3.82. The van der Waals surface area contributed by atoms with E-state index < -0.39 is 5.82 Å². The van der Waals surface area contributed by atoms with E-state index >= 15 is 0 Å². The molecule has 0 unspecified atom stereocenters. The van der Waals surface area contributed by atoms with E-state index in [0.717, 1.165) is 10.7 Å². The van der Waals surface area contributed by atoms with Crippen molar-refractivity contribution in [2.24, 2.45) is 0 Å². The number of aromatic nitrogens is 1. The van der Waals surface area contributed by atoms with Gasteiger partial charge in [-0.15, -0.1) is 11.3 Å². The number of anilines is 3. The molecule has 0 spiro atoms. The van der Waals surface area contributed by atoms with Crippen LogP contribution in [0.25, 0.3) is 0 Å². The highest BCUT2D eigenvalue weighted by molar-refractivity contribution is 7.09. The zero-order valence-electron chi connectivity index (χ0n) is 10.3. The van der Waals surface area contributed by atoms with E-state index in [2.05, 4.69) is 10.3 Å². The monoisotopic (exact) mass is 300 g/mol. The molecule has 19 heavy (non-hydrogen) atoms. The lowest BCUT2D eigenvalue weighted by Crippen LogP contribution is -2.10. The van der Waals surface area contributed by atoms with Crippen molar-refractivity contribution in [1.29, 1.82) is 0 Å². The van der Waals surface area contributed by atoms with Crippen molar-refractivity contribution in [3.05, 3.63) is 33.0 Å². The van der Waals surface area contributed by atoms with Gasteiger partial charge < -0.3 is 16.8 Å². The molecule has 0 saturated heterocycles. The van der Waals surface area contributed by atoms with Crippen LogP contribution in [0.3, 0.4) is 0 Å². The molecule has 1 aromatic heterocycles. The van der Waals surface area contributed by atoms with E-state index in [4.69, 9.17) is 23.1 Å². The van der Waals surface area contributed by atoms with Crippen LogP contribution >= 0.6 is 22.9 Å². The Hall–Kier alpha value is -1.53. The molecule has 4 nitrogen and oxygen atoms in total. The summed E-state index contributed by atoms with van der Waals surface area (Å²) in [5, 5.41) is 5.81. The molecule has 0 aliphatic carbocycles.